The van der Waals surface area contributed by atoms with Crippen molar-refractivity contribution in [2.75, 3.05) is 31.2 Å². The largest absolute Gasteiger partial charge is 0.399 e. The zero-order chi connectivity index (χ0) is 15.4. The molecule has 2 rings (SSSR count). The van der Waals surface area contributed by atoms with Crippen molar-refractivity contribution in [1.82, 2.24) is 9.88 Å². The van der Waals surface area contributed by atoms with Crippen LogP contribution in [0.4, 0.5) is 10.8 Å². The van der Waals surface area contributed by atoms with E-state index in [0.717, 1.165) is 23.2 Å². The van der Waals surface area contributed by atoms with E-state index in [-0.39, 0.29) is 5.91 Å². The van der Waals surface area contributed by atoms with Gasteiger partial charge in [-0.2, -0.15) is 0 Å². The minimum atomic E-state index is -0.0344. The molecule has 21 heavy (non-hydrogen) atoms. The van der Waals surface area contributed by atoms with E-state index in [1.54, 1.807) is 0 Å². The predicted octanol–water partition coefficient (Wildman–Crippen LogP) is 2.79. The molecule has 0 saturated heterocycles. The normalized spacial score (nSPS) is 12.8. The summed E-state index contributed by atoms with van der Waals surface area (Å²) < 4.78 is 0.984. The molecule has 6 heteroatoms. The first-order valence-corrected chi connectivity index (χ1v) is 7.94. The number of hydrogen-bond donors (Lipinski definition) is 2. The minimum Gasteiger partial charge on any atom is -0.399 e. The van der Waals surface area contributed by atoms with Crippen molar-refractivity contribution in [3.63, 3.8) is 0 Å². The van der Waals surface area contributed by atoms with Crippen molar-refractivity contribution in [3.05, 3.63) is 18.2 Å². The molecule has 1 atom stereocenters. The van der Waals surface area contributed by atoms with Gasteiger partial charge in [-0.05, 0) is 31.2 Å². The molecular weight excluding hydrogens is 284 g/mol. The maximum absolute atomic E-state index is 12.0. The first-order valence-electron chi connectivity index (χ1n) is 7.12. The number of nitrogens with two attached hydrogens (primary N) is 1. The predicted molar refractivity (Wildman–Crippen MR) is 89.6 cm³/mol. The van der Waals surface area contributed by atoms with Crippen molar-refractivity contribution < 1.29 is 4.79 Å². The van der Waals surface area contributed by atoms with Crippen LogP contribution >= 0.6 is 11.3 Å². The number of carbonyl (C=O) groups excluding carboxylic acids is 1. The Morgan fingerprint density at radius 2 is 2.29 bits per heavy atom. The molecule has 1 aromatic heterocycles. The van der Waals surface area contributed by atoms with Gasteiger partial charge in [0.15, 0.2) is 5.13 Å². The number of nitrogens with zero attached hydrogens (tertiary/aromatic N) is 2. The molecule has 0 aliphatic heterocycles. The molecule has 0 aliphatic carbocycles. The van der Waals surface area contributed by atoms with Crippen molar-refractivity contribution in [2.24, 2.45) is 5.92 Å². The van der Waals surface area contributed by atoms with Crippen molar-refractivity contribution in [1.29, 1.82) is 0 Å². The third-order valence-corrected chi connectivity index (χ3v) is 4.33. The summed E-state index contributed by atoms with van der Waals surface area (Å²) in [6.07, 6.45) is 1.12. The Morgan fingerprint density at radius 3 is 3.00 bits per heavy atom. The number of benzene rings is 1. The first-order chi connectivity index (χ1) is 9.97. The Balaban J connectivity index is 1.95. The third kappa shape index (κ3) is 4.41. The van der Waals surface area contributed by atoms with E-state index < -0.39 is 0 Å². The van der Waals surface area contributed by atoms with Crippen LogP contribution in [-0.2, 0) is 4.79 Å². The van der Waals surface area contributed by atoms with Crippen LogP contribution in [0.1, 0.15) is 20.3 Å². The zero-order valence-electron chi connectivity index (χ0n) is 12.7. The number of nitrogen functional groups attached to an aromatic ring is 1. The standard InChI is InChI=1S/C15H22N4OS/c1-4-10(2)8-19(3)9-14(20)18-15-17-12-6-5-11(16)7-13(12)21-15/h5-7,10H,4,8-9,16H2,1-3H3,(H,17,18,20). The summed E-state index contributed by atoms with van der Waals surface area (Å²) in [5, 5.41) is 3.48. The summed E-state index contributed by atoms with van der Waals surface area (Å²) in [6, 6.07) is 5.55. The lowest BCUT2D eigenvalue weighted by Crippen LogP contribution is -2.33. The van der Waals surface area contributed by atoms with E-state index in [4.69, 9.17) is 5.73 Å². The van der Waals surface area contributed by atoms with E-state index in [9.17, 15) is 4.79 Å². The molecule has 1 unspecified atom stereocenters. The SMILES string of the molecule is CCC(C)CN(C)CC(=O)Nc1nc2ccc(N)cc2s1. The molecule has 114 valence electrons. The molecule has 5 nitrogen and oxygen atoms in total. The Labute approximate surface area is 129 Å². The number of anilines is 2. The number of hydrogen-bond acceptors (Lipinski definition) is 5. The topological polar surface area (TPSA) is 71.2 Å². The van der Waals surface area contributed by atoms with Gasteiger partial charge in [0.25, 0.3) is 0 Å². The lowest BCUT2D eigenvalue weighted by atomic mass is 10.1. The molecule has 0 radical (unpaired) electrons. The van der Waals surface area contributed by atoms with E-state index in [1.165, 1.54) is 11.3 Å². The molecule has 1 aromatic carbocycles. The molecule has 3 N–H and O–H groups in total. The zero-order valence-corrected chi connectivity index (χ0v) is 13.5. The van der Waals surface area contributed by atoms with Crippen molar-refractivity contribution >= 4 is 38.3 Å². The number of thiazole rings is 1. The fourth-order valence-corrected chi connectivity index (χ4v) is 3.05. The summed E-state index contributed by atoms with van der Waals surface area (Å²) in [6.45, 7) is 5.64. The average molecular weight is 306 g/mol. The summed E-state index contributed by atoms with van der Waals surface area (Å²) in [7, 11) is 1.96. The Hall–Kier alpha value is -1.66. The monoisotopic (exact) mass is 306 g/mol. The van der Waals surface area contributed by atoms with Gasteiger partial charge >= 0.3 is 0 Å². The molecule has 0 saturated carbocycles. The summed E-state index contributed by atoms with van der Waals surface area (Å²) in [5.74, 6) is 0.557. The van der Waals surface area contributed by atoms with E-state index in [1.807, 2.05) is 30.1 Å². The summed E-state index contributed by atoms with van der Waals surface area (Å²) in [5.41, 5.74) is 7.31. The molecule has 0 bridgehead atoms. The van der Waals surface area contributed by atoms with Gasteiger partial charge in [-0.1, -0.05) is 31.6 Å². The second-order valence-corrected chi connectivity index (χ2v) is 6.54. The lowest BCUT2D eigenvalue weighted by Gasteiger charge is -2.19. The minimum absolute atomic E-state index is 0.0344. The van der Waals surface area contributed by atoms with E-state index in [2.05, 4.69) is 24.1 Å². The van der Waals surface area contributed by atoms with Crippen molar-refractivity contribution in [2.45, 2.75) is 20.3 Å². The third-order valence-electron chi connectivity index (χ3n) is 3.39. The van der Waals surface area contributed by atoms with Gasteiger partial charge < -0.3 is 11.1 Å². The lowest BCUT2D eigenvalue weighted by molar-refractivity contribution is -0.117. The number of carbonyl (C=O) groups is 1. The van der Waals surface area contributed by atoms with Gasteiger partial charge in [0.2, 0.25) is 5.91 Å². The fourth-order valence-electron chi connectivity index (χ4n) is 2.12. The number of likely N-dealkylation sites (N-methyl/N-ethyl adjacent to an activating group) is 1. The maximum Gasteiger partial charge on any atom is 0.240 e. The van der Waals surface area contributed by atoms with Gasteiger partial charge in [-0.3, -0.25) is 9.69 Å². The highest BCUT2D eigenvalue weighted by molar-refractivity contribution is 7.22. The van der Waals surface area contributed by atoms with E-state index in [0.29, 0.717) is 23.3 Å². The van der Waals surface area contributed by atoms with Crippen LogP contribution in [0.5, 0.6) is 0 Å². The number of amides is 1. The number of fused-ring (bicyclic) bond motifs is 1. The van der Waals surface area contributed by atoms with Crippen LogP contribution in [0.25, 0.3) is 10.2 Å². The molecule has 0 aliphatic rings. The smallest absolute Gasteiger partial charge is 0.240 e. The average Bonchev–Trinajstić information content (AvgIpc) is 2.79. The van der Waals surface area contributed by atoms with Crippen molar-refractivity contribution in [3.8, 4) is 0 Å². The second-order valence-electron chi connectivity index (χ2n) is 5.50. The highest BCUT2D eigenvalue weighted by atomic mass is 32.1. The molecule has 1 heterocycles. The van der Waals surface area contributed by atoms with Gasteiger partial charge in [-0.15, -0.1) is 0 Å². The van der Waals surface area contributed by atoms with Crippen LogP contribution in [0, 0.1) is 5.92 Å². The second kappa shape index (κ2) is 6.87. The molecule has 0 spiro atoms. The molecule has 0 fully saturated rings. The first kappa shape index (κ1) is 15.7. The van der Waals surface area contributed by atoms with Gasteiger partial charge in [0.05, 0.1) is 16.8 Å². The van der Waals surface area contributed by atoms with Crippen LogP contribution in [-0.4, -0.2) is 35.9 Å². The van der Waals surface area contributed by atoms with Crippen LogP contribution in [0.2, 0.25) is 0 Å². The maximum atomic E-state index is 12.0. The van der Waals surface area contributed by atoms with Crippen LogP contribution in [0.3, 0.4) is 0 Å². The van der Waals surface area contributed by atoms with Gasteiger partial charge in [0, 0.05) is 12.2 Å². The van der Waals surface area contributed by atoms with Gasteiger partial charge in [-0.25, -0.2) is 4.98 Å². The molecule has 2 aromatic rings. The quantitative estimate of drug-likeness (QED) is 0.805. The fraction of sp³-hybridized carbons (Fsp3) is 0.467. The molecular formula is C15H22N4OS. The van der Waals surface area contributed by atoms with Gasteiger partial charge in [0.1, 0.15) is 0 Å². The van der Waals surface area contributed by atoms with Crippen LogP contribution in [0.15, 0.2) is 18.2 Å². The Morgan fingerprint density at radius 1 is 1.52 bits per heavy atom. The Bertz CT molecular complexity index is 625. The number of nitrogens with one attached hydrogen (secondary N) is 1. The van der Waals surface area contributed by atoms with Crippen LogP contribution < -0.4 is 11.1 Å². The highest BCUT2D eigenvalue weighted by Gasteiger charge is 2.12. The molecule has 1 amide bonds. The van der Waals surface area contributed by atoms with E-state index >= 15 is 0 Å². The number of aromatic nitrogens is 1. The highest BCUT2D eigenvalue weighted by Crippen LogP contribution is 2.27. The Kier molecular flexibility index (Phi) is 5.14. The summed E-state index contributed by atoms with van der Waals surface area (Å²) >= 11 is 1.44. The summed E-state index contributed by atoms with van der Waals surface area (Å²) in [4.78, 5) is 18.5. The number of rotatable bonds is 6.